The molecular formula is C48H91O9P. The Balaban J connectivity index is 4.09. The number of esters is 1. The molecule has 342 valence electrons. The smallest absolute Gasteiger partial charge is 0.457 e. The van der Waals surface area contributed by atoms with E-state index in [2.05, 4.69) is 50.3 Å². The molecule has 0 amide bonds. The van der Waals surface area contributed by atoms with Gasteiger partial charge in [-0.1, -0.05) is 204 Å². The zero-order chi connectivity index (χ0) is 42.5. The van der Waals surface area contributed by atoms with Crippen LogP contribution in [-0.4, -0.2) is 66.3 Å². The van der Waals surface area contributed by atoms with Crippen molar-refractivity contribution < 1.29 is 43.0 Å². The third-order valence-corrected chi connectivity index (χ3v) is 11.3. The number of hydrogen-bond donors (Lipinski definition) is 3. The van der Waals surface area contributed by atoms with E-state index in [0.717, 1.165) is 64.2 Å². The fourth-order valence-electron chi connectivity index (χ4n) is 6.72. The quantitative estimate of drug-likeness (QED) is 0.0237. The van der Waals surface area contributed by atoms with Crippen LogP contribution in [-0.2, 0) is 27.9 Å². The Bertz CT molecular complexity index is 1000. The van der Waals surface area contributed by atoms with E-state index in [4.69, 9.17) is 23.6 Å². The summed E-state index contributed by atoms with van der Waals surface area (Å²) in [5, 5.41) is 18.4. The molecule has 0 bridgehead atoms. The van der Waals surface area contributed by atoms with E-state index in [-0.39, 0.29) is 25.6 Å². The van der Waals surface area contributed by atoms with Crippen molar-refractivity contribution in [3.8, 4) is 0 Å². The van der Waals surface area contributed by atoms with Gasteiger partial charge in [-0.25, -0.2) is 4.57 Å². The molecule has 3 unspecified atom stereocenters. The molecule has 58 heavy (non-hydrogen) atoms. The number of phosphoric acid groups is 1. The second kappa shape index (κ2) is 45.2. The van der Waals surface area contributed by atoms with Crippen molar-refractivity contribution >= 4 is 13.8 Å². The highest BCUT2D eigenvalue weighted by atomic mass is 31.2. The first-order valence-corrected chi connectivity index (χ1v) is 25.5. The largest absolute Gasteiger partial charge is 0.472 e. The molecule has 0 fully saturated rings. The van der Waals surface area contributed by atoms with Gasteiger partial charge in [0.15, 0.2) is 0 Å². The van der Waals surface area contributed by atoms with Gasteiger partial charge >= 0.3 is 13.8 Å². The second-order valence-corrected chi connectivity index (χ2v) is 17.6. The molecule has 0 saturated carbocycles. The number of rotatable bonds is 46. The molecule has 0 aliphatic rings. The van der Waals surface area contributed by atoms with Crippen molar-refractivity contribution in [1.29, 1.82) is 0 Å². The molecule has 0 aliphatic carbocycles. The highest BCUT2D eigenvalue weighted by Gasteiger charge is 2.26. The first-order valence-electron chi connectivity index (χ1n) is 24.0. The van der Waals surface area contributed by atoms with Crippen LogP contribution in [0.15, 0.2) is 36.5 Å². The van der Waals surface area contributed by atoms with Gasteiger partial charge in [0.1, 0.15) is 12.2 Å². The van der Waals surface area contributed by atoms with Crippen molar-refractivity contribution in [1.82, 2.24) is 0 Å². The van der Waals surface area contributed by atoms with E-state index in [9.17, 15) is 19.4 Å². The molecule has 0 saturated heterocycles. The van der Waals surface area contributed by atoms with Crippen molar-refractivity contribution in [2.45, 2.75) is 232 Å². The fraction of sp³-hybridized carbons (Fsp3) is 0.854. The lowest BCUT2D eigenvalue weighted by atomic mass is 10.0. The number of aliphatic hydroxyl groups excluding tert-OH is 2. The van der Waals surface area contributed by atoms with E-state index >= 15 is 0 Å². The number of unbranched alkanes of at least 4 members (excludes halogenated alkanes) is 26. The maximum atomic E-state index is 12.6. The summed E-state index contributed by atoms with van der Waals surface area (Å²) in [6.45, 7) is 3.44. The minimum atomic E-state index is -4.52. The van der Waals surface area contributed by atoms with Crippen LogP contribution in [0.2, 0.25) is 0 Å². The van der Waals surface area contributed by atoms with Crippen molar-refractivity contribution in [2.75, 3.05) is 33.0 Å². The summed E-state index contributed by atoms with van der Waals surface area (Å²) in [6.07, 6.45) is 49.6. The Kier molecular flexibility index (Phi) is 44.2. The Morgan fingerprint density at radius 3 is 1.48 bits per heavy atom. The van der Waals surface area contributed by atoms with Gasteiger partial charge in [0.05, 0.1) is 26.4 Å². The Morgan fingerprint density at radius 2 is 0.983 bits per heavy atom. The van der Waals surface area contributed by atoms with Gasteiger partial charge < -0.3 is 24.6 Å². The van der Waals surface area contributed by atoms with E-state index < -0.39 is 33.2 Å². The van der Waals surface area contributed by atoms with Crippen LogP contribution < -0.4 is 0 Å². The molecule has 0 spiro atoms. The average Bonchev–Trinajstić information content (AvgIpc) is 3.21. The standard InChI is InChI=1S/C48H91O9P/c1-3-5-7-9-11-13-15-17-19-21-22-23-25-27-29-31-33-35-37-39-41-54-44-47(45-56-58(52,53)55-43-46(50)42-49)57-48(51)40-38-36-34-32-30-28-26-24-20-18-16-14-12-10-8-6-4-2/h6,8,12,14,18,20,46-47,49-50H,3-5,7,9-11,13,15-17,19,21-45H2,1-2H3,(H,52,53)/b8-6-,14-12-,20-18-. The van der Waals surface area contributed by atoms with Gasteiger partial charge in [-0.15, -0.1) is 0 Å². The molecule has 9 nitrogen and oxygen atoms in total. The molecule has 0 radical (unpaired) electrons. The average molecular weight is 843 g/mol. The summed E-state index contributed by atoms with van der Waals surface area (Å²) in [4.78, 5) is 22.6. The minimum Gasteiger partial charge on any atom is -0.457 e. The van der Waals surface area contributed by atoms with Crippen LogP contribution in [0.5, 0.6) is 0 Å². The molecule has 0 aliphatic heterocycles. The van der Waals surface area contributed by atoms with Crippen LogP contribution >= 0.6 is 7.82 Å². The predicted octanol–water partition coefficient (Wildman–Crippen LogP) is 13.6. The highest BCUT2D eigenvalue weighted by molar-refractivity contribution is 7.47. The van der Waals surface area contributed by atoms with Crippen LogP contribution in [0.4, 0.5) is 0 Å². The fourth-order valence-corrected chi connectivity index (χ4v) is 7.51. The number of aliphatic hydroxyl groups is 2. The molecule has 0 aromatic carbocycles. The lowest BCUT2D eigenvalue weighted by Crippen LogP contribution is -2.29. The Morgan fingerprint density at radius 1 is 0.552 bits per heavy atom. The monoisotopic (exact) mass is 843 g/mol. The van der Waals surface area contributed by atoms with Crippen LogP contribution in [0.3, 0.4) is 0 Å². The number of phosphoric ester groups is 1. The zero-order valence-corrected chi connectivity index (χ0v) is 38.4. The van der Waals surface area contributed by atoms with Crippen LogP contribution in [0.1, 0.15) is 219 Å². The lowest BCUT2D eigenvalue weighted by molar-refractivity contribution is -0.154. The maximum absolute atomic E-state index is 12.6. The van der Waals surface area contributed by atoms with E-state index in [1.165, 1.54) is 135 Å². The number of ether oxygens (including phenoxy) is 2. The third kappa shape index (κ3) is 44.2. The summed E-state index contributed by atoms with van der Waals surface area (Å²) in [5.74, 6) is -0.389. The third-order valence-electron chi connectivity index (χ3n) is 10.3. The van der Waals surface area contributed by atoms with Gasteiger partial charge in [-0.05, 0) is 44.9 Å². The molecule has 10 heteroatoms. The molecule has 0 aromatic heterocycles. The zero-order valence-electron chi connectivity index (χ0n) is 37.5. The summed E-state index contributed by atoms with van der Waals surface area (Å²) in [5.41, 5.74) is 0. The summed E-state index contributed by atoms with van der Waals surface area (Å²) >= 11 is 0. The second-order valence-electron chi connectivity index (χ2n) is 16.1. The van der Waals surface area contributed by atoms with Crippen LogP contribution in [0.25, 0.3) is 0 Å². The van der Waals surface area contributed by atoms with Gasteiger partial charge in [0.2, 0.25) is 0 Å². The summed E-state index contributed by atoms with van der Waals surface area (Å²) in [6, 6.07) is 0. The molecule has 0 aromatic rings. The summed E-state index contributed by atoms with van der Waals surface area (Å²) in [7, 11) is -4.52. The molecule has 3 N–H and O–H groups in total. The van der Waals surface area contributed by atoms with Crippen molar-refractivity contribution in [3.05, 3.63) is 36.5 Å². The van der Waals surface area contributed by atoms with Crippen LogP contribution in [0, 0.1) is 0 Å². The van der Waals surface area contributed by atoms with Crippen molar-refractivity contribution in [2.24, 2.45) is 0 Å². The number of hydrogen-bond acceptors (Lipinski definition) is 8. The normalized spacial score (nSPS) is 14.2. The van der Waals surface area contributed by atoms with E-state index in [1.807, 2.05) is 0 Å². The Hall–Kier alpha value is -1.32. The Labute approximate surface area is 356 Å². The first kappa shape index (κ1) is 56.7. The van der Waals surface area contributed by atoms with E-state index in [1.54, 1.807) is 0 Å². The molecule has 3 atom stereocenters. The number of carbonyl (C=O) groups excluding carboxylic acids is 1. The highest BCUT2D eigenvalue weighted by Crippen LogP contribution is 2.43. The van der Waals surface area contributed by atoms with Gasteiger partial charge in [0, 0.05) is 13.0 Å². The topological polar surface area (TPSA) is 132 Å². The van der Waals surface area contributed by atoms with Crippen molar-refractivity contribution in [3.63, 3.8) is 0 Å². The molecule has 0 heterocycles. The van der Waals surface area contributed by atoms with Gasteiger partial charge in [0.25, 0.3) is 0 Å². The maximum Gasteiger partial charge on any atom is 0.472 e. The lowest BCUT2D eigenvalue weighted by Gasteiger charge is -2.20. The SMILES string of the molecule is CC/C=C\C/C=C\C/C=C\CCCCCCCCCC(=O)OC(COCCCCCCCCCCCCCCCCCCCCCC)COP(=O)(O)OCC(O)CO. The summed E-state index contributed by atoms with van der Waals surface area (Å²) < 4.78 is 33.5. The number of carbonyl (C=O) groups is 1. The van der Waals surface area contributed by atoms with Gasteiger partial charge in [-0.2, -0.15) is 0 Å². The minimum absolute atomic E-state index is 0.0483. The van der Waals surface area contributed by atoms with E-state index in [0.29, 0.717) is 6.61 Å². The predicted molar refractivity (Wildman–Crippen MR) is 242 cm³/mol. The van der Waals surface area contributed by atoms with Gasteiger partial charge in [-0.3, -0.25) is 13.8 Å². The molecule has 0 rings (SSSR count). The first-order chi connectivity index (χ1) is 28.3. The molecular weight excluding hydrogens is 751 g/mol. The number of allylic oxidation sites excluding steroid dienone is 6.